The van der Waals surface area contributed by atoms with Gasteiger partial charge in [-0.05, 0) is 40.5 Å². The van der Waals surface area contributed by atoms with Gasteiger partial charge in [-0.3, -0.25) is 14.5 Å². The molecule has 0 aliphatic carbocycles. The van der Waals surface area contributed by atoms with E-state index in [-0.39, 0.29) is 18.4 Å². The lowest BCUT2D eigenvalue weighted by Gasteiger charge is -2.22. The fourth-order valence-corrected chi connectivity index (χ4v) is 3.60. The standard InChI is InChI=1S/C14H17Br2N3O2/c15-10-2-3-11(12(16)8-10)14(21)19-5-1-4-18(6-7-19)9-13(17)20/h2-3,8H,1,4-7,9H2,(H2,17,20). The fourth-order valence-electron chi connectivity index (χ4n) is 2.39. The van der Waals surface area contributed by atoms with Crippen molar-refractivity contribution in [2.75, 3.05) is 32.7 Å². The molecule has 2 amide bonds. The minimum atomic E-state index is -0.328. The number of rotatable bonds is 3. The van der Waals surface area contributed by atoms with Crippen LogP contribution in [0.1, 0.15) is 16.8 Å². The lowest BCUT2D eigenvalue weighted by molar-refractivity contribution is -0.119. The van der Waals surface area contributed by atoms with Crippen molar-refractivity contribution in [2.24, 2.45) is 5.73 Å². The van der Waals surface area contributed by atoms with Gasteiger partial charge < -0.3 is 10.6 Å². The van der Waals surface area contributed by atoms with Gasteiger partial charge >= 0.3 is 0 Å². The smallest absolute Gasteiger partial charge is 0.255 e. The molecule has 1 aliphatic rings. The Hall–Kier alpha value is -0.920. The molecule has 1 aliphatic heterocycles. The molecule has 1 aromatic carbocycles. The zero-order valence-corrected chi connectivity index (χ0v) is 14.7. The van der Waals surface area contributed by atoms with Gasteiger partial charge in [0.15, 0.2) is 0 Å². The van der Waals surface area contributed by atoms with E-state index in [0.29, 0.717) is 25.2 Å². The lowest BCUT2D eigenvalue weighted by atomic mass is 10.2. The molecular formula is C14H17Br2N3O2. The van der Waals surface area contributed by atoms with Crippen molar-refractivity contribution >= 4 is 43.7 Å². The highest BCUT2D eigenvalue weighted by atomic mass is 79.9. The maximum atomic E-state index is 12.6. The number of halogens is 2. The van der Waals surface area contributed by atoms with Crippen LogP contribution in [0.15, 0.2) is 27.1 Å². The molecule has 0 saturated carbocycles. The molecule has 1 saturated heterocycles. The third-order valence-electron chi connectivity index (χ3n) is 3.42. The Labute approximate surface area is 140 Å². The molecule has 0 atom stereocenters. The quantitative estimate of drug-likeness (QED) is 0.814. The molecule has 1 heterocycles. The van der Waals surface area contributed by atoms with Crippen molar-refractivity contribution in [2.45, 2.75) is 6.42 Å². The zero-order valence-electron chi connectivity index (χ0n) is 11.5. The number of carbonyl (C=O) groups excluding carboxylic acids is 2. The molecule has 0 radical (unpaired) electrons. The van der Waals surface area contributed by atoms with Crippen molar-refractivity contribution in [1.29, 1.82) is 0 Å². The van der Waals surface area contributed by atoms with E-state index in [1.54, 1.807) is 0 Å². The molecular weight excluding hydrogens is 402 g/mol. The van der Waals surface area contributed by atoms with Crippen LogP contribution in [0.3, 0.4) is 0 Å². The molecule has 2 rings (SSSR count). The van der Waals surface area contributed by atoms with E-state index in [9.17, 15) is 9.59 Å². The highest BCUT2D eigenvalue weighted by Gasteiger charge is 2.22. The summed E-state index contributed by atoms with van der Waals surface area (Å²) in [6.07, 6.45) is 0.840. The number of hydrogen-bond donors (Lipinski definition) is 1. The van der Waals surface area contributed by atoms with Gasteiger partial charge in [0.1, 0.15) is 0 Å². The Morgan fingerprint density at radius 3 is 2.57 bits per heavy atom. The molecule has 0 spiro atoms. The predicted octanol–water partition coefficient (Wildman–Crippen LogP) is 1.84. The second-order valence-electron chi connectivity index (χ2n) is 5.01. The molecule has 7 heteroatoms. The average molecular weight is 419 g/mol. The molecule has 0 aromatic heterocycles. The van der Waals surface area contributed by atoms with E-state index in [1.807, 2.05) is 28.0 Å². The summed E-state index contributed by atoms with van der Waals surface area (Å²) in [5.41, 5.74) is 5.88. The van der Waals surface area contributed by atoms with Crippen LogP contribution in [-0.2, 0) is 4.79 Å². The van der Waals surface area contributed by atoms with E-state index >= 15 is 0 Å². The van der Waals surface area contributed by atoms with Crippen molar-refractivity contribution in [1.82, 2.24) is 9.80 Å². The second-order valence-corrected chi connectivity index (χ2v) is 6.78. The number of hydrogen-bond acceptors (Lipinski definition) is 3. The van der Waals surface area contributed by atoms with Gasteiger partial charge in [-0.15, -0.1) is 0 Å². The van der Waals surface area contributed by atoms with Crippen LogP contribution in [-0.4, -0.2) is 54.3 Å². The molecule has 1 aromatic rings. The topological polar surface area (TPSA) is 66.6 Å². The molecule has 21 heavy (non-hydrogen) atoms. The van der Waals surface area contributed by atoms with Gasteiger partial charge in [-0.25, -0.2) is 0 Å². The number of primary amides is 1. The summed E-state index contributed by atoms with van der Waals surface area (Å²) in [4.78, 5) is 27.4. The summed E-state index contributed by atoms with van der Waals surface area (Å²) in [5.74, 6) is -0.319. The van der Waals surface area contributed by atoms with Crippen LogP contribution in [0.5, 0.6) is 0 Å². The first-order valence-corrected chi connectivity index (χ1v) is 8.31. The normalized spacial score (nSPS) is 16.6. The van der Waals surface area contributed by atoms with E-state index in [1.165, 1.54) is 0 Å². The van der Waals surface area contributed by atoms with Crippen LogP contribution < -0.4 is 5.73 Å². The van der Waals surface area contributed by atoms with Crippen molar-refractivity contribution < 1.29 is 9.59 Å². The molecule has 0 unspecified atom stereocenters. The largest absolute Gasteiger partial charge is 0.369 e. The lowest BCUT2D eigenvalue weighted by Crippen LogP contribution is -2.38. The summed E-state index contributed by atoms with van der Waals surface area (Å²) in [6, 6.07) is 5.53. The molecule has 5 nitrogen and oxygen atoms in total. The number of nitrogens with zero attached hydrogens (tertiary/aromatic N) is 2. The molecule has 2 N–H and O–H groups in total. The SMILES string of the molecule is NC(=O)CN1CCCN(C(=O)c2ccc(Br)cc2Br)CC1. The Morgan fingerprint density at radius 2 is 1.90 bits per heavy atom. The van der Waals surface area contributed by atoms with Crippen LogP contribution in [0, 0.1) is 0 Å². The molecule has 1 fully saturated rings. The third kappa shape index (κ3) is 4.52. The van der Waals surface area contributed by atoms with Crippen molar-refractivity contribution in [3.63, 3.8) is 0 Å². The summed E-state index contributed by atoms with van der Waals surface area (Å²) < 4.78 is 1.70. The Balaban J connectivity index is 2.04. The zero-order chi connectivity index (χ0) is 15.4. The maximum absolute atomic E-state index is 12.6. The van der Waals surface area contributed by atoms with Crippen molar-refractivity contribution in [3.05, 3.63) is 32.7 Å². The summed E-state index contributed by atoms with van der Waals surface area (Å²) in [5, 5.41) is 0. The maximum Gasteiger partial charge on any atom is 0.255 e. The van der Waals surface area contributed by atoms with E-state index in [0.717, 1.165) is 21.9 Å². The minimum absolute atomic E-state index is 0.00954. The summed E-state index contributed by atoms with van der Waals surface area (Å²) in [6.45, 7) is 3.01. The molecule has 114 valence electrons. The van der Waals surface area contributed by atoms with Gasteiger partial charge in [0.25, 0.3) is 5.91 Å². The van der Waals surface area contributed by atoms with Gasteiger partial charge in [0.2, 0.25) is 5.91 Å². The minimum Gasteiger partial charge on any atom is -0.369 e. The van der Waals surface area contributed by atoms with Gasteiger partial charge in [-0.1, -0.05) is 15.9 Å². The third-order valence-corrected chi connectivity index (χ3v) is 4.57. The number of benzene rings is 1. The average Bonchev–Trinajstić information content (AvgIpc) is 2.63. The number of carbonyl (C=O) groups is 2. The van der Waals surface area contributed by atoms with E-state index in [4.69, 9.17) is 5.73 Å². The second kappa shape index (κ2) is 7.38. The van der Waals surface area contributed by atoms with Crippen molar-refractivity contribution in [3.8, 4) is 0 Å². The predicted molar refractivity (Wildman–Crippen MR) is 88.0 cm³/mol. The first kappa shape index (κ1) is 16.5. The van der Waals surface area contributed by atoms with E-state index < -0.39 is 0 Å². The first-order chi connectivity index (χ1) is 9.97. The van der Waals surface area contributed by atoms with Gasteiger partial charge in [0.05, 0.1) is 12.1 Å². The van der Waals surface area contributed by atoms with Gasteiger partial charge in [-0.2, -0.15) is 0 Å². The first-order valence-electron chi connectivity index (χ1n) is 6.72. The number of nitrogens with two attached hydrogens (primary N) is 1. The summed E-state index contributed by atoms with van der Waals surface area (Å²) >= 11 is 6.81. The van der Waals surface area contributed by atoms with Crippen LogP contribution in [0.4, 0.5) is 0 Å². The highest BCUT2D eigenvalue weighted by molar-refractivity contribution is 9.11. The van der Waals surface area contributed by atoms with Crippen LogP contribution in [0.25, 0.3) is 0 Å². The van der Waals surface area contributed by atoms with E-state index in [2.05, 4.69) is 31.9 Å². The Kier molecular flexibility index (Phi) is 5.78. The van der Waals surface area contributed by atoms with Crippen LogP contribution >= 0.6 is 31.9 Å². The van der Waals surface area contributed by atoms with Gasteiger partial charge in [0, 0.05) is 35.1 Å². The Morgan fingerprint density at radius 1 is 1.14 bits per heavy atom. The van der Waals surface area contributed by atoms with Crippen LogP contribution in [0.2, 0.25) is 0 Å². The fraction of sp³-hybridized carbons (Fsp3) is 0.429. The monoisotopic (exact) mass is 417 g/mol. The highest BCUT2D eigenvalue weighted by Crippen LogP contribution is 2.23. The summed E-state index contributed by atoms with van der Waals surface area (Å²) in [7, 11) is 0. The molecule has 0 bridgehead atoms. The Bertz CT molecular complexity index is 551. The number of amides is 2.